The lowest BCUT2D eigenvalue weighted by molar-refractivity contribution is 0.213. The Labute approximate surface area is 146 Å². The molecule has 3 aromatic rings. The Kier molecular flexibility index (Phi) is 4.79. The molecule has 6 nitrogen and oxygen atoms in total. The van der Waals surface area contributed by atoms with Gasteiger partial charge in [0.25, 0.3) is 0 Å². The lowest BCUT2D eigenvalue weighted by Gasteiger charge is -2.15. The largest absolute Gasteiger partial charge is 0.337 e. The predicted molar refractivity (Wildman–Crippen MR) is 96.1 cm³/mol. The Morgan fingerprint density at radius 2 is 1.64 bits per heavy atom. The molecule has 0 bridgehead atoms. The number of nitrogens with one attached hydrogen (secondary N) is 1. The molecule has 0 aliphatic carbocycles. The number of amides is 2. The molecule has 128 valence electrons. The zero-order valence-electron chi connectivity index (χ0n) is 14.5. The quantitative estimate of drug-likeness (QED) is 0.781. The van der Waals surface area contributed by atoms with Gasteiger partial charge in [-0.1, -0.05) is 52.7 Å². The van der Waals surface area contributed by atoms with Crippen molar-refractivity contribution in [2.75, 3.05) is 12.4 Å². The molecule has 3 rings (SSSR count). The van der Waals surface area contributed by atoms with Crippen LogP contribution in [0.25, 0.3) is 11.4 Å². The van der Waals surface area contributed by atoms with Crippen molar-refractivity contribution < 1.29 is 9.32 Å². The fourth-order valence-corrected chi connectivity index (χ4v) is 2.27. The average Bonchev–Trinajstić information content (AvgIpc) is 3.06. The van der Waals surface area contributed by atoms with Gasteiger partial charge < -0.3 is 14.7 Å². The number of urea groups is 1. The van der Waals surface area contributed by atoms with Crippen LogP contribution in [0.15, 0.2) is 53.1 Å². The smallest absolute Gasteiger partial charge is 0.322 e. The minimum absolute atomic E-state index is 0.233. The minimum Gasteiger partial charge on any atom is -0.337 e. The number of carbonyl (C=O) groups is 1. The standard InChI is InChI=1S/C19H20N4O2/c1-13-4-8-15(9-5-13)18-21-17(25-22-18)12-23(3)19(24)20-16-10-6-14(2)7-11-16/h4-11H,12H2,1-3H3,(H,20,24). The van der Waals surface area contributed by atoms with E-state index in [9.17, 15) is 4.79 Å². The summed E-state index contributed by atoms with van der Waals surface area (Å²) in [6.45, 7) is 4.25. The van der Waals surface area contributed by atoms with Gasteiger partial charge in [-0.15, -0.1) is 0 Å². The number of hydrogen-bond donors (Lipinski definition) is 1. The fourth-order valence-electron chi connectivity index (χ4n) is 2.27. The number of rotatable bonds is 4. The molecule has 1 heterocycles. The Hall–Kier alpha value is -3.15. The molecule has 2 aromatic carbocycles. The molecule has 0 aliphatic heterocycles. The van der Waals surface area contributed by atoms with Gasteiger partial charge in [-0.3, -0.25) is 0 Å². The van der Waals surface area contributed by atoms with Crippen molar-refractivity contribution in [3.8, 4) is 11.4 Å². The molecule has 25 heavy (non-hydrogen) atoms. The van der Waals surface area contributed by atoms with Crippen molar-refractivity contribution in [2.45, 2.75) is 20.4 Å². The third-order valence-electron chi connectivity index (χ3n) is 3.80. The molecule has 1 aromatic heterocycles. The van der Waals surface area contributed by atoms with Gasteiger partial charge >= 0.3 is 6.03 Å². The van der Waals surface area contributed by atoms with Crippen LogP contribution < -0.4 is 5.32 Å². The second-order valence-corrected chi connectivity index (χ2v) is 6.03. The van der Waals surface area contributed by atoms with Crippen LogP contribution in [0, 0.1) is 13.8 Å². The first kappa shape index (κ1) is 16.7. The van der Waals surface area contributed by atoms with Crippen molar-refractivity contribution in [1.29, 1.82) is 0 Å². The van der Waals surface area contributed by atoms with Crippen molar-refractivity contribution in [1.82, 2.24) is 15.0 Å². The van der Waals surface area contributed by atoms with Crippen LogP contribution in [0.1, 0.15) is 17.0 Å². The number of carbonyl (C=O) groups excluding carboxylic acids is 1. The van der Waals surface area contributed by atoms with E-state index in [-0.39, 0.29) is 12.6 Å². The summed E-state index contributed by atoms with van der Waals surface area (Å²) in [5, 5.41) is 6.81. The first-order valence-corrected chi connectivity index (χ1v) is 7.99. The van der Waals surface area contributed by atoms with E-state index >= 15 is 0 Å². The number of hydrogen-bond acceptors (Lipinski definition) is 4. The lowest BCUT2D eigenvalue weighted by atomic mass is 10.1. The highest BCUT2D eigenvalue weighted by Gasteiger charge is 2.14. The summed E-state index contributed by atoms with van der Waals surface area (Å²) in [5.74, 6) is 0.902. The highest BCUT2D eigenvalue weighted by Crippen LogP contribution is 2.17. The maximum atomic E-state index is 12.2. The van der Waals surface area contributed by atoms with Crippen LogP contribution in [-0.4, -0.2) is 28.1 Å². The third kappa shape index (κ3) is 4.23. The number of aromatic nitrogens is 2. The first-order valence-electron chi connectivity index (χ1n) is 7.99. The van der Waals surface area contributed by atoms with Crippen LogP contribution in [0.3, 0.4) is 0 Å². The van der Waals surface area contributed by atoms with E-state index in [2.05, 4.69) is 15.5 Å². The topological polar surface area (TPSA) is 71.3 Å². The Morgan fingerprint density at radius 1 is 1.04 bits per heavy atom. The summed E-state index contributed by atoms with van der Waals surface area (Å²) in [6.07, 6.45) is 0. The summed E-state index contributed by atoms with van der Waals surface area (Å²) in [5.41, 5.74) is 3.93. The van der Waals surface area contributed by atoms with E-state index in [0.717, 1.165) is 16.8 Å². The minimum atomic E-state index is -0.237. The molecular weight excluding hydrogens is 316 g/mol. The van der Waals surface area contributed by atoms with E-state index in [1.165, 1.54) is 10.5 Å². The van der Waals surface area contributed by atoms with Crippen molar-refractivity contribution in [3.05, 3.63) is 65.5 Å². The molecule has 0 radical (unpaired) electrons. The van der Waals surface area contributed by atoms with Gasteiger partial charge in [-0.05, 0) is 26.0 Å². The second kappa shape index (κ2) is 7.17. The molecule has 0 spiro atoms. The first-order chi connectivity index (χ1) is 12.0. The highest BCUT2D eigenvalue weighted by molar-refractivity contribution is 5.89. The molecule has 2 amide bonds. The third-order valence-corrected chi connectivity index (χ3v) is 3.80. The Morgan fingerprint density at radius 3 is 2.28 bits per heavy atom. The zero-order valence-corrected chi connectivity index (χ0v) is 14.5. The maximum absolute atomic E-state index is 12.2. The number of anilines is 1. The predicted octanol–water partition coefficient (Wildman–Crippen LogP) is 4.02. The van der Waals surface area contributed by atoms with E-state index in [0.29, 0.717) is 11.7 Å². The van der Waals surface area contributed by atoms with Crippen LogP contribution in [0.4, 0.5) is 10.5 Å². The number of aryl methyl sites for hydroxylation is 2. The molecule has 0 unspecified atom stereocenters. The molecular formula is C19H20N4O2. The zero-order chi connectivity index (χ0) is 17.8. The van der Waals surface area contributed by atoms with Crippen molar-refractivity contribution in [2.24, 2.45) is 0 Å². The van der Waals surface area contributed by atoms with Crippen LogP contribution in [-0.2, 0) is 6.54 Å². The van der Waals surface area contributed by atoms with E-state index in [4.69, 9.17) is 4.52 Å². The Balaban J connectivity index is 1.62. The van der Waals surface area contributed by atoms with Gasteiger partial charge in [0.15, 0.2) is 0 Å². The number of benzene rings is 2. The van der Waals surface area contributed by atoms with Gasteiger partial charge in [0.1, 0.15) is 6.54 Å². The second-order valence-electron chi connectivity index (χ2n) is 6.03. The van der Waals surface area contributed by atoms with Crippen molar-refractivity contribution >= 4 is 11.7 Å². The Bertz CT molecular complexity index is 854. The molecule has 0 fully saturated rings. The van der Waals surface area contributed by atoms with E-state index < -0.39 is 0 Å². The molecule has 0 saturated heterocycles. The van der Waals surface area contributed by atoms with E-state index in [1.807, 2.05) is 62.4 Å². The van der Waals surface area contributed by atoms with Crippen LogP contribution in [0.5, 0.6) is 0 Å². The molecule has 0 atom stereocenters. The number of nitrogens with zero attached hydrogens (tertiary/aromatic N) is 3. The van der Waals surface area contributed by atoms with Crippen molar-refractivity contribution in [3.63, 3.8) is 0 Å². The lowest BCUT2D eigenvalue weighted by Crippen LogP contribution is -2.30. The van der Waals surface area contributed by atoms with Gasteiger partial charge in [0.2, 0.25) is 11.7 Å². The van der Waals surface area contributed by atoms with Crippen LogP contribution >= 0.6 is 0 Å². The summed E-state index contributed by atoms with van der Waals surface area (Å²) >= 11 is 0. The maximum Gasteiger partial charge on any atom is 0.322 e. The molecule has 0 saturated carbocycles. The SMILES string of the molecule is Cc1ccc(NC(=O)N(C)Cc2nc(-c3ccc(C)cc3)no2)cc1. The van der Waals surface area contributed by atoms with Crippen LogP contribution in [0.2, 0.25) is 0 Å². The van der Waals surface area contributed by atoms with Gasteiger partial charge in [0, 0.05) is 18.3 Å². The normalized spacial score (nSPS) is 10.5. The van der Waals surface area contributed by atoms with Gasteiger partial charge in [-0.25, -0.2) is 4.79 Å². The molecule has 0 aliphatic rings. The fraction of sp³-hybridized carbons (Fsp3) is 0.211. The van der Waals surface area contributed by atoms with E-state index in [1.54, 1.807) is 7.05 Å². The van der Waals surface area contributed by atoms with Gasteiger partial charge in [-0.2, -0.15) is 4.98 Å². The summed E-state index contributed by atoms with van der Waals surface area (Å²) < 4.78 is 5.25. The molecule has 6 heteroatoms. The summed E-state index contributed by atoms with van der Waals surface area (Å²) in [7, 11) is 1.68. The summed E-state index contributed by atoms with van der Waals surface area (Å²) in [4.78, 5) is 18.1. The highest BCUT2D eigenvalue weighted by atomic mass is 16.5. The summed E-state index contributed by atoms with van der Waals surface area (Å²) in [6, 6.07) is 15.3. The monoisotopic (exact) mass is 336 g/mol. The molecule has 1 N–H and O–H groups in total. The average molecular weight is 336 g/mol. The van der Waals surface area contributed by atoms with Gasteiger partial charge in [0.05, 0.1) is 0 Å².